The number of amides is 1. The van der Waals surface area contributed by atoms with Crippen molar-refractivity contribution in [1.82, 2.24) is 4.98 Å². The van der Waals surface area contributed by atoms with E-state index in [9.17, 15) is 4.79 Å². The summed E-state index contributed by atoms with van der Waals surface area (Å²) in [6, 6.07) is 16.8. The van der Waals surface area contributed by atoms with Gasteiger partial charge in [0.15, 0.2) is 6.10 Å². The first-order valence-electron chi connectivity index (χ1n) is 8.03. The van der Waals surface area contributed by atoms with Crippen LogP contribution in [0.5, 0.6) is 22.4 Å². The zero-order valence-electron chi connectivity index (χ0n) is 14.4. The molecule has 0 aliphatic heterocycles. The van der Waals surface area contributed by atoms with E-state index in [4.69, 9.17) is 19.9 Å². The molecule has 136 valence electrons. The van der Waals surface area contributed by atoms with Gasteiger partial charge < -0.3 is 19.9 Å². The molecule has 6 nitrogen and oxygen atoms in total. The van der Waals surface area contributed by atoms with Crippen LogP contribution in [0.25, 0.3) is 0 Å². The SMILES string of the molecule is CC(C#Cc1cnc(Oc2ccc(Oc3ccccc3)cc2)s1)OC(N)=O. The number of carbonyl (C=O) groups excluding carboxylic acids is 1. The van der Waals surface area contributed by atoms with Gasteiger partial charge in [0.2, 0.25) is 0 Å². The molecule has 1 amide bonds. The number of rotatable bonds is 5. The van der Waals surface area contributed by atoms with Crippen molar-refractivity contribution in [3.05, 3.63) is 65.7 Å². The highest BCUT2D eigenvalue weighted by Crippen LogP contribution is 2.28. The number of nitrogens with two attached hydrogens (primary N) is 1. The average Bonchev–Trinajstić information content (AvgIpc) is 3.09. The second-order valence-electron chi connectivity index (χ2n) is 5.33. The fourth-order valence-electron chi connectivity index (χ4n) is 2.04. The summed E-state index contributed by atoms with van der Waals surface area (Å²) >= 11 is 1.29. The van der Waals surface area contributed by atoms with Crippen molar-refractivity contribution in [2.24, 2.45) is 5.73 Å². The summed E-state index contributed by atoms with van der Waals surface area (Å²) in [5.74, 6) is 7.74. The largest absolute Gasteiger partial charge is 0.457 e. The molecule has 7 heteroatoms. The maximum Gasteiger partial charge on any atom is 0.405 e. The molecule has 1 unspecified atom stereocenters. The van der Waals surface area contributed by atoms with Crippen LogP contribution in [0.3, 0.4) is 0 Å². The van der Waals surface area contributed by atoms with Crippen LogP contribution < -0.4 is 15.2 Å². The Kier molecular flexibility index (Phi) is 5.92. The van der Waals surface area contributed by atoms with Crippen LogP contribution >= 0.6 is 11.3 Å². The molecule has 3 rings (SSSR count). The molecule has 2 N–H and O–H groups in total. The van der Waals surface area contributed by atoms with Crippen molar-refractivity contribution in [2.75, 3.05) is 0 Å². The average molecular weight is 380 g/mol. The van der Waals surface area contributed by atoms with Gasteiger partial charge in [-0.3, -0.25) is 0 Å². The third-order valence-corrected chi connectivity index (χ3v) is 3.97. The van der Waals surface area contributed by atoms with Gasteiger partial charge in [0.25, 0.3) is 5.19 Å². The Labute approximate surface area is 160 Å². The zero-order valence-corrected chi connectivity index (χ0v) is 15.2. The van der Waals surface area contributed by atoms with Crippen LogP contribution in [0, 0.1) is 11.8 Å². The molecule has 0 aliphatic carbocycles. The van der Waals surface area contributed by atoms with Gasteiger partial charge in [-0.25, -0.2) is 9.78 Å². The Hall–Kier alpha value is -3.50. The molecule has 27 heavy (non-hydrogen) atoms. The monoisotopic (exact) mass is 380 g/mol. The lowest BCUT2D eigenvalue weighted by molar-refractivity contribution is 0.141. The predicted molar refractivity (Wildman–Crippen MR) is 102 cm³/mol. The molecular formula is C20H16N2O4S. The van der Waals surface area contributed by atoms with Crippen LogP contribution in [0.1, 0.15) is 11.8 Å². The summed E-state index contributed by atoms with van der Waals surface area (Å²) in [5, 5.41) is 0.458. The fraction of sp³-hybridized carbons (Fsp3) is 0.100. The number of thiazole rings is 1. The van der Waals surface area contributed by atoms with Gasteiger partial charge in [-0.2, -0.15) is 0 Å². The molecule has 0 bridgehead atoms. The van der Waals surface area contributed by atoms with Gasteiger partial charge in [0, 0.05) is 0 Å². The van der Waals surface area contributed by atoms with E-state index >= 15 is 0 Å². The highest BCUT2D eigenvalue weighted by Gasteiger charge is 2.05. The molecule has 2 aromatic carbocycles. The molecule has 1 atom stereocenters. The maximum atomic E-state index is 10.6. The molecular weight excluding hydrogens is 364 g/mol. The van der Waals surface area contributed by atoms with Gasteiger partial charge in [-0.1, -0.05) is 41.4 Å². The number of primary amides is 1. The summed E-state index contributed by atoms with van der Waals surface area (Å²) < 4.78 is 16.2. The normalized spacial score (nSPS) is 11.0. The fourth-order valence-corrected chi connectivity index (χ4v) is 2.69. The summed E-state index contributed by atoms with van der Waals surface area (Å²) in [6.07, 6.45) is 0.146. The summed E-state index contributed by atoms with van der Waals surface area (Å²) in [4.78, 5) is 15.5. The molecule has 0 spiro atoms. The van der Waals surface area contributed by atoms with Crippen molar-refractivity contribution in [3.8, 4) is 34.3 Å². The zero-order chi connectivity index (χ0) is 19.1. The number of carbonyl (C=O) groups is 1. The van der Waals surface area contributed by atoms with E-state index in [0.717, 1.165) is 5.75 Å². The van der Waals surface area contributed by atoms with Crippen LogP contribution in [0.2, 0.25) is 0 Å². The van der Waals surface area contributed by atoms with Gasteiger partial charge >= 0.3 is 6.09 Å². The minimum atomic E-state index is -0.857. The van der Waals surface area contributed by atoms with Gasteiger partial charge in [-0.05, 0) is 43.3 Å². The first-order valence-corrected chi connectivity index (χ1v) is 8.84. The molecule has 1 aromatic heterocycles. The molecule has 0 saturated heterocycles. The van der Waals surface area contributed by atoms with Crippen molar-refractivity contribution >= 4 is 17.4 Å². The summed E-state index contributed by atoms with van der Waals surface area (Å²) in [7, 11) is 0. The van der Waals surface area contributed by atoms with Crippen LogP contribution in [-0.2, 0) is 4.74 Å². The Morgan fingerprint density at radius 3 is 2.33 bits per heavy atom. The molecule has 0 saturated carbocycles. The number of aromatic nitrogens is 1. The van der Waals surface area contributed by atoms with E-state index in [1.54, 1.807) is 25.3 Å². The standard InChI is InChI=1S/C20H16N2O4S/c1-14(24-19(21)23)7-12-18-13-22-20(27-18)26-17-10-8-16(9-11-17)25-15-5-3-2-4-6-15/h2-6,8-11,13-14H,1H3,(H2,21,23). The quantitative estimate of drug-likeness (QED) is 0.656. The number of hydrogen-bond acceptors (Lipinski definition) is 6. The molecule has 0 aliphatic rings. The van der Waals surface area contributed by atoms with E-state index in [1.165, 1.54) is 11.3 Å². The lowest BCUT2D eigenvalue weighted by Gasteiger charge is -2.06. The minimum Gasteiger partial charge on any atom is -0.457 e. The number of para-hydroxylation sites is 1. The van der Waals surface area contributed by atoms with Crippen molar-refractivity contribution in [1.29, 1.82) is 0 Å². The van der Waals surface area contributed by atoms with E-state index in [-0.39, 0.29) is 0 Å². The van der Waals surface area contributed by atoms with Crippen molar-refractivity contribution < 1.29 is 19.0 Å². The van der Waals surface area contributed by atoms with E-state index in [2.05, 4.69) is 16.8 Å². The van der Waals surface area contributed by atoms with Gasteiger partial charge in [0.1, 0.15) is 22.1 Å². The molecule has 1 heterocycles. The number of ether oxygens (including phenoxy) is 3. The van der Waals surface area contributed by atoms with E-state index in [0.29, 0.717) is 21.6 Å². The minimum absolute atomic E-state index is 0.458. The summed E-state index contributed by atoms with van der Waals surface area (Å²) in [5.41, 5.74) is 4.94. The van der Waals surface area contributed by atoms with Crippen LogP contribution in [-0.4, -0.2) is 17.2 Å². The number of hydrogen-bond donors (Lipinski definition) is 1. The number of nitrogens with zero attached hydrogens (tertiary/aromatic N) is 1. The third-order valence-electron chi connectivity index (χ3n) is 3.18. The second kappa shape index (κ2) is 8.74. The predicted octanol–water partition coefficient (Wildman–Crippen LogP) is 4.56. The second-order valence-corrected chi connectivity index (χ2v) is 6.32. The Morgan fingerprint density at radius 2 is 1.67 bits per heavy atom. The molecule has 3 aromatic rings. The van der Waals surface area contributed by atoms with Crippen molar-refractivity contribution in [2.45, 2.75) is 13.0 Å². The first-order chi connectivity index (χ1) is 13.1. The first kappa shape index (κ1) is 18.3. The summed E-state index contributed by atoms with van der Waals surface area (Å²) in [6.45, 7) is 1.63. The van der Waals surface area contributed by atoms with E-state index in [1.807, 2.05) is 42.5 Å². The molecule has 0 fully saturated rings. The Balaban J connectivity index is 1.59. The van der Waals surface area contributed by atoms with Crippen LogP contribution in [0.15, 0.2) is 60.8 Å². The van der Waals surface area contributed by atoms with E-state index < -0.39 is 12.2 Å². The van der Waals surface area contributed by atoms with Gasteiger partial charge in [0.05, 0.1) is 6.20 Å². The topological polar surface area (TPSA) is 83.7 Å². The molecule has 0 radical (unpaired) electrons. The number of benzene rings is 2. The highest BCUT2D eigenvalue weighted by atomic mass is 32.1. The van der Waals surface area contributed by atoms with Gasteiger partial charge in [-0.15, -0.1) is 0 Å². The Morgan fingerprint density at radius 1 is 1.04 bits per heavy atom. The van der Waals surface area contributed by atoms with Crippen molar-refractivity contribution in [3.63, 3.8) is 0 Å². The lowest BCUT2D eigenvalue weighted by Crippen LogP contribution is -2.18. The third kappa shape index (κ3) is 5.76. The smallest absolute Gasteiger partial charge is 0.405 e. The lowest BCUT2D eigenvalue weighted by atomic mass is 10.3. The Bertz CT molecular complexity index is 959. The highest BCUT2D eigenvalue weighted by molar-refractivity contribution is 7.13. The maximum absolute atomic E-state index is 10.6. The van der Waals surface area contributed by atoms with Crippen LogP contribution in [0.4, 0.5) is 4.79 Å².